The SMILES string of the molecule is CCSCC(C)NC(=O)c1cnc(Cl)cn1. The number of nitrogens with zero attached hydrogens (tertiary/aromatic N) is 2. The molecule has 1 atom stereocenters. The van der Waals surface area contributed by atoms with Crippen LogP contribution < -0.4 is 5.32 Å². The van der Waals surface area contributed by atoms with E-state index in [0.29, 0.717) is 0 Å². The maximum atomic E-state index is 11.7. The van der Waals surface area contributed by atoms with E-state index in [1.165, 1.54) is 12.4 Å². The predicted octanol–water partition coefficient (Wildman–Crippen LogP) is 2.00. The van der Waals surface area contributed by atoms with Gasteiger partial charge in [-0.05, 0) is 12.7 Å². The van der Waals surface area contributed by atoms with Crippen molar-refractivity contribution in [1.29, 1.82) is 0 Å². The first-order valence-electron chi connectivity index (χ1n) is 4.99. The molecule has 0 spiro atoms. The quantitative estimate of drug-likeness (QED) is 0.879. The van der Waals surface area contributed by atoms with Crippen molar-refractivity contribution in [3.63, 3.8) is 0 Å². The lowest BCUT2D eigenvalue weighted by Crippen LogP contribution is -2.34. The molecular weight excluding hydrogens is 246 g/mol. The van der Waals surface area contributed by atoms with E-state index in [2.05, 4.69) is 22.2 Å². The fraction of sp³-hybridized carbons (Fsp3) is 0.500. The van der Waals surface area contributed by atoms with Crippen LogP contribution in [0.5, 0.6) is 0 Å². The monoisotopic (exact) mass is 259 g/mol. The molecule has 0 aliphatic carbocycles. The Bertz CT molecular complexity index is 344. The van der Waals surface area contributed by atoms with Gasteiger partial charge in [0.1, 0.15) is 10.8 Å². The molecule has 1 aromatic rings. The van der Waals surface area contributed by atoms with Gasteiger partial charge in [0.25, 0.3) is 5.91 Å². The molecule has 1 amide bonds. The van der Waals surface area contributed by atoms with Gasteiger partial charge < -0.3 is 5.32 Å². The van der Waals surface area contributed by atoms with Crippen LogP contribution in [0.3, 0.4) is 0 Å². The lowest BCUT2D eigenvalue weighted by molar-refractivity contribution is 0.0938. The van der Waals surface area contributed by atoms with Gasteiger partial charge in [0.2, 0.25) is 0 Å². The molecule has 0 aromatic carbocycles. The van der Waals surface area contributed by atoms with Crippen LogP contribution in [-0.4, -0.2) is 33.4 Å². The number of amides is 1. The van der Waals surface area contributed by atoms with Crippen LogP contribution in [0.25, 0.3) is 0 Å². The summed E-state index contributed by atoms with van der Waals surface area (Å²) in [5.41, 5.74) is 0.290. The largest absolute Gasteiger partial charge is 0.347 e. The molecule has 0 saturated heterocycles. The van der Waals surface area contributed by atoms with Gasteiger partial charge in [-0.1, -0.05) is 18.5 Å². The highest BCUT2D eigenvalue weighted by molar-refractivity contribution is 7.99. The highest BCUT2D eigenvalue weighted by Gasteiger charge is 2.10. The van der Waals surface area contributed by atoms with Gasteiger partial charge in [-0.3, -0.25) is 4.79 Å². The molecule has 88 valence electrons. The Morgan fingerprint density at radius 1 is 1.56 bits per heavy atom. The van der Waals surface area contributed by atoms with Crippen LogP contribution >= 0.6 is 23.4 Å². The van der Waals surface area contributed by atoms with Crippen molar-refractivity contribution in [2.24, 2.45) is 0 Å². The van der Waals surface area contributed by atoms with E-state index in [4.69, 9.17) is 11.6 Å². The zero-order valence-electron chi connectivity index (χ0n) is 9.24. The van der Waals surface area contributed by atoms with E-state index < -0.39 is 0 Å². The second kappa shape index (κ2) is 6.70. The number of nitrogens with one attached hydrogen (secondary N) is 1. The van der Waals surface area contributed by atoms with Gasteiger partial charge in [0.05, 0.1) is 12.4 Å². The number of carbonyl (C=O) groups is 1. The van der Waals surface area contributed by atoms with E-state index >= 15 is 0 Å². The molecule has 1 aromatic heterocycles. The summed E-state index contributed by atoms with van der Waals surface area (Å²) in [5.74, 6) is 1.72. The summed E-state index contributed by atoms with van der Waals surface area (Å²) in [5, 5.41) is 3.13. The van der Waals surface area contributed by atoms with Crippen molar-refractivity contribution in [3.8, 4) is 0 Å². The first-order valence-corrected chi connectivity index (χ1v) is 6.53. The van der Waals surface area contributed by atoms with E-state index in [-0.39, 0.29) is 22.8 Å². The van der Waals surface area contributed by atoms with Crippen molar-refractivity contribution in [3.05, 3.63) is 23.2 Å². The third-order valence-corrected chi connectivity index (χ3v) is 3.14. The number of aromatic nitrogens is 2. The van der Waals surface area contributed by atoms with Gasteiger partial charge in [-0.2, -0.15) is 11.8 Å². The summed E-state index contributed by atoms with van der Waals surface area (Å²) in [6, 6.07) is 0.120. The first-order chi connectivity index (χ1) is 7.63. The molecule has 0 bridgehead atoms. The topological polar surface area (TPSA) is 54.9 Å². The Hall–Kier alpha value is -0.810. The number of thioether (sulfide) groups is 1. The zero-order chi connectivity index (χ0) is 12.0. The third kappa shape index (κ3) is 4.37. The van der Waals surface area contributed by atoms with Crippen molar-refractivity contribution < 1.29 is 4.79 Å². The standard InChI is InChI=1S/C10H14ClN3OS/c1-3-16-6-7(2)14-10(15)8-4-13-9(11)5-12-8/h4-5,7H,3,6H2,1-2H3,(H,14,15). The molecule has 16 heavy (non-hydrogen) atoms. The second-order valence-electron chi connectivity index (χ2n) is 3.26. The summed E-state index contributed by atoms with van der Waals surface area (Å²) in [4.78, 5) is 19.4. The fourth-order valence-electron chi connectivity index (χ4n) is 1.06. The van der Waals surface area contributed by atoms with E-state index in [1.807, 2.05) is 6.92 Å². The average Bonchev–Trinajstić information content (AvgIpc) is 2.27. The van der Waals surface area contributed by atoms with Gasteiger partial charge in [0, 0.05) is 11.8 Å². The summed E-state index contributed by atoms with van der Waals surface area (Å²) in [6.07, 6.45) is 2.74. The van der Waals surface area contributed by atoms with Crippen molar-refractivity contribution in [1.82, 2.24) is 15.3 Å². The van der Waals surface area contributed by atoms with Crippen molar-refractivity contribution in [2.45, 2.75) is 19.9 Å². The normalized spacial score (nSPS) is 12.2. The van der Waals surface area contributed by atoms with E-state index in [1.54, 1.807) is 11.8 Å². The van der Waals surface area contributed by atoms with Crippen LogP contribution in [0.2, 0.25) is 5.15 Å². The molecule has 0 radical (unpaired) electrons. The van der Waals surface area contributed by atoms with E-state index in [9.17, 15) is 4.79 Å². The van der Waals surface area contributed by atoms with E-state index in [0.717, 1.165) is 11.5 Å². The minimum Gasteiger partial charge on any atom is -0.347 e. The molecule has 0 fully saturated rings. The maximum absolute atomic E-state index is 11.7. The smallest absolute Gasteiger partial charge is 0.271 e. The molecule has 4 nitrogen and oxygen atoms in total. The van der Waals surface area contributed by atoms with Crippen molar-refractivity contribution in [2.75, 3.05) is 11.5 Å². The van der Waals surface area contributed by atoms with Gasteiger partial charge in [0.15, 0.2) is 0 Å². The third-order valence-electron chi connectivity index (χ3n) is 1.80. The summed E-state index contributed by atoms with van der Waals surface area (Å²) >= 11 is 7.37. The molecule has 1 N–H and O–H groups in total. The molecule has 0 saturated carbocycles. The van der Waals surface area contributed by atoms with Gasteiger partial charge >= 0.3 is 0 Å². The highest BCUT2D eigenvalue weighted by atomic mass is 35.5. The Kier molecular flexibility index (Phi) is 5.55. The van der Waals surface area contributed by atoms with Gasteiger partial charge in [-0.25, -0.2) is 9.97 Å². The highest BCUT2D eigenvalue weighted by Crippen LogP contribution is 2.04. The van der Waals surface area contributed by atoms with Crippen LogP contribution in [0.1, 0.15) is 24.3 Å². The molecule has 6 heteroatoms. The molecular formula is C10H14ClN3OS. The molecule has 0 aliphatic rings. The minimum atomic E-state index is -0.214. The van der Waals surface area contributed by atoms with Crippen LogP contribution in [-0.2, 0) is 0 Å². The minimum absolute atomic E-state index is 0.120. The number of hydrogen-bond donors (Lipinski definition) is 1. The number of halogens is 1. The molecule has 0 aliphatic heterocycles. The van der Waals surface area contributed by atoms with Crippen LogP contribution in [0.4, 0.5) is 0 Å². The predicted molar refractivity (Wildman–Crippen MR) is 67.0 cm³/mol. The Morgan fingerprint density at radius 3 is 2.88 bits per heavy atom. The Labute approximate surface area is 104 Å². The molecule has 1 rings (SSSR count). The molecule has 1 unspecified atom stereocenters. The maximum Gasteiger partial charge on any atom is 0.271 e. The number of carbonyl (C=O) groups excluding carboxylic acids is 1. The van der Waals surface area contributed by atoms with Gasteiger partial charge in [-0.15, -0.1) is 0 Å². The lowest BCUT2D eigenvalue weighted by atomic mass is 10.3. The number of rotatable bonds is 5. The molecule has 1 heterocycles. The first kappa shape index (κ1) is 13.3. The van der Waals surface area contributed by atoms with Crippen molar-refractivity contribution >= 4 is 29.3 Å². The fourth-order valence-corrected chi connectivity index (χ4v) is 1.83. The summed E-state index contributed by atoms with van der Waals surface area (Å²) in [7, 11) is 0. The lowest BCUT2D eigenvalue weighted by Gasteiger charge is -2.12. The second-order valence-corrected chi connectivity index (χ2v) is 4.96. The van der Waals surface area contributed by atoms with Crippen LogP contribution in [0, 0.1) is 0 Å². The summed E-state index contributed by atoms with van der Waals surface area (Å²) < 4.78 is 0. The van der Waals surface area contributed by atoms with Crippen LogP contribution in [0.15, 0.2) is 12.4 Å². The Balaban J connectivity index is 2.48. The summed E-state index contributed by atoms with van der Waals surface area (Å²) in [6.45, 7) is 4.05. The number of hydrogen-bond acceptors (Lipinski definition) is 4. The Morgan fingerprint density at radius 2 is 2.31 bits per heavy atom. The average molecular weight is 260 g/mol. The zero-order valence-corrected chi connectivity index (χ0v) is 10.8.